The SMILES string of the molecule is COC(=O)c1cc(CNC(=O)N(C)C(C)c2ccccc2)ccc1OC. The van der Waals surface area contributed by atoms with Crippen molar-refractivity contribution >= 4 is 12.0 Å². The van der Waals surface area contributed by atoms with Gasteiger partial charge in [-0.05, 0) is 30.2 Å². The highest BCUT2D eigenvalue weighted by Crippen LogP contribution is 2.21. The highest BCUT2D eigenvalue weighted by molar-refractivity contribution is 5.92. The third-order valence-corrected chi connectivity index (χ3v) is 4.30. The van der Waals surface area contributed by atoms with E-state index in [1.165, 1.54) is 14.2 Å². The zero-order valence-electron chi connectivity index (χ0n) is 15.5. The Bertz CT molecular complexity index is 762. The summed E-state index contributed by atoms with van der Waals surface area (Å²) < 4.78 is 9.93. The first-order valence-corrected chi connectivity index (χ1v) is 8.28. The van der Waals surface area contributed by atoms with Gasteiger partial charge < -0.3 is 19.7 Å². The summed E-state index contributed by atoms with van der Waals surface area (Å²) in [5.74, 6) is -0.0495. The van der Waals surface area contributed by atoms with E-state index in [-0.39, 0.29) is 12.1 Å². The zero-order valence-corrected chi connectivity index (χ0v) is 15.5. The van der Waals surface area contributed by atoms with Gasteiger partial charge in [0.05, 0.1) is 20.3 Å². The van der Waals surface area contributed by atoms with E-state index in [4.69, 9.17) is 9.47 Å². The summed E-state index contributed by atoms with van der Waals surface area (Å²) in [6, 6.07) is 14.7. The van der Waals surface area contributed by atoms with Gasteiger partial charge in [0.25, 0.3) is 0 Å². The first-order valence-electron chi connectivity index (χ1n) is 8.28. The van der Waals surface area contributed by atoms with Gasteiger partial charge in [0, 0.05) is 13.6 Å². The van der Waals surface area contributed by atoms with Crippen LogP contribution in [0.15, 0.2) is 48.5 Å². The van der Waals surface area contributed by atoms with Gasteiger partial charge in [-0.15, -0.1) is 0 Å². The zero-order chi connectivity index (χ0) is 19.1. The number of hydrogen-bond donors (Lipinski definition) is 1. The molecule has 0 aromatic heterocycles. The number of esters is 1. The highest BCUT2D eigenvalue weighted by Gasteiger charge is 2.18. The molecule has 6 heteroatoms. The van der Waals surface area contributed by atoms with E-state index >= 15 is 0 Å². The van der Waals surface area contributed by atoms with Gasteiger partial charge in [-0.3, -0.25) is 0 Å². The van der Waals surface area contributed by atoms with E-state index in [0.29, 0.717) is 17.9 Å². The number of ether oxygens (including phenoxy) is 2. The van der Waals surface area contributed by atoms with Crippen LogP contribution < -0.4 is 10.1 Å². The summed E-state index contributed by atoms with van der Waals surface area (Å²) in [6.45, 7) is 2.26. The lowest BCUT2D eigenvalue weighted by molar-refractivity contribution is 0.0597. The molecule has 0 aliphatic heterocycles. The van der Waals surface area contributed by atoms with Crippen LogP contribution >= 0.6 is 0 Å². The molecule has 1 atom stereocenters. The minimum absolute atomic E-state index is 0.0577. The van der Waals surface area contributed by atoms with Crippen LogP contribution in [0.1, 0.15) is 34.5 Å². The summed E-state index contributed by atoms with van der Waals surface area (Å²) in [5, 5.41) is 2.87. The molecule has 26 heavy (non-hydrogen) atoms. The largest absolute Gasteiger partial charge is 0.496 e. The van der Waals surface area contributed by atoms with Crippen LogP contribution in [0.2, 0.25) is 0 Å². The predicted molar refractivity (Wildman–Crippen MR) is 99.2 cm³/mol. The van der Waals surface area contributed by atoms with Crippen molar-refractivity contribution in [3.05, 3.63) is 65.2 Å². The van der Waals surface area contributed by atoms with Gasteiger partial charge in [0.15, 0.2) is 0 Å². The van der Waals surface area contributed by atoms with Crippen LogP contribution in [0.5, 0.6) is 5.75 Å². The predicted octanol–water partition coefficient (Wildman–Crippen LogP) is 3.38. The first-order chi connectivity index (χ1) is 12.5. The number of hydrogen-bond acceptors (Lipinski definition) is 4. The van der Waals surface area contributed by atoms with Crippen molar-refractivity contribution in [1.29, 1.82) is 0 Å². The number of methoxy groups -OCH3 is 2. The molecule has 0 saturated carbocycles. The van der Waals surface area contributed by atoms with Crippen LogP contribution in [0.25, 0.3) is 0 Å². The number of carbonyl (C=O) groups excluding carboxylic acids is 2. The molecule has 6 nitrogen and oxygen atoms in total. The van der Waals surface area contributed by atoms with Crippen LogP contribution in [0.3, 0.4) is 0 Å². The fourth-order valence-corrected chi connectivity index (χ4v) is 2.57. The lowest BCUT2D eigenvalue weighted by atomic mass is 10.1. The average molecular weight is 356 g/mol. The number of amides is 2. The van der Waals surface area contributed by atoms with Gasteiger partial charge in [-0.1, -0.05) is 36.4 Å². The maximum atomic E-state index is 12.4. The molecule has 0 aliphatic carbocycles. The van der Waals surface area contributed by atoms with Crippen LogP contribution in [0, 0.1) is 0 Å². The van der Waals surface area contributed by atoms with Crippen molar-refractivity contribution in [1.82, 2.24) is 10.2 Å². The Kier molecular flexibility index (Phi) is 6.60. The number of urea groups is 1. The van der Waals surface area contributed by atoms with Crippen molar-refractivity contribution in [2.24, 2.45) is 0 Å². The molecule has 0 saturated heterocycles. The summed E-state index contributed by atoms with van der Waals surface area (Å²) in [7, 11) is 4.56. The summed E-state index contributed by atoms with van der Waals surface area (Å²) in [6.07, 6.45) is 0. The minimum atomic E-state index is -0.482. The average Bonchev–Trinajstić information content (AvgIpc) is 2.70. The van der Waals surface area contributed by atoms with Crippen LogP contribution in [-0.4, -0.2) is 38.2 Å². The van der Waals surface area contributed by atoms with E-state index in [0.717, 1.165) is 11.1 Å². The molecular formula is C20H24N2O4. The second-order valence-corrected chi connectivity index (χ2v) is 5.88. The van der Waals surface area contributed by atoms with Gasteiger partial charge >= 0.3 is 12.0 Å². The summed E-state index contributed by atoms with van der Waals surface area (Å²) >= 11 is 0. The number of benzene rings is 2. The Balaban J connectivity index is 2.03. The second-order valence-electron chi connectivity index (χ2n) is 5.88. The van der Waals surface area contributed by atoms with Crippen LogP contribution in [0.4, 0.5) is 4.79 Å². The Morgan fingerprint density at radius 3 is 2.42 bits per heavy atom. The first kappa shape index (κ1) is 19.3. The quantitative estimate of drug-likeness (QED) is 0.806. The fourth-order valence-electron chi connectivity index (χ4n) is 2.57. The lowest BCUT2D eigenvalue weighted by Gasteiger charge is -2.25. The molecule has 1 N–H and O–H groups in total. The molecule has 138 valence electrons. The highest BCUT2D eigenvalue weighted by atomic mass is 16.5. The normalized spacial score (nSPS) is 11.4. The maximum absolute atomic E-state index is 12.4. The smallest absolute Gasteiger partial charge is 0.341 e. The van der Waals surface area contributed by atoms with Crippen molar-refractivity contribution < 1.29 is 19.1 Å². The van der Waals surface area contributed by atoms with Gasteiger partial charge in [-0.2, -0.15) is 0 Å². The molecule has 1 unspecified atom stereocenters. The van der Waals surface area contributed by atoms with Gasteiger partial charge in [0.1, 0.15) is 11.3 Å². The third kappa shape index (κ3) is 4.53. The lowest BCUT2D eigenvalue weighted by Crippen LogP contribution is -2.38. The molecule has 0 heterocycles. The van der Waals surface area contributed by atoms with Crippen molar-refractivity contribution in [3.8, 4) is 5.75 Å². The summed E-state index contributed by atoms with van der Waals surface area (Å²) in [5.41, 5.74) is 2.16. The minimum Gasteiger partial charge on any atom is -0.496 e. The number of nitrogens with zero attached hydrogens (tertiary/aromatic N) is 1. The Labute approximate surface area is 153 Å². The Morgan fingerprint density at radius 1 is 1.12 bits per heavy atom. The molecule has 0 radical (unpaired) electrons. The number of nitrogens with one attached hydrogen (secondary N) is 1. The third-order valence-electron chi connectivity index (χ3n) is 4.30. The van der Waals surface area contributed by atoms with Crippen molar-refractivity contribution in [3.63, 3.8) is 0 Å². The Hall–Kier alpha value is -3.02. The van der Waals surface area contributed by atoms with Crippen molar-refractivity contribution in [2.45, 2.75) is 19.5 Å². The molecule has 2 aromatic carbocycles. The summed E-state index contributed by atoms with van der Waals surface area (Å²) in [4.78, 5) is 25.9. The van der Waals surface area contributed by atoms with E-state index in [1.54, 1.807) is 30.1 Å². The molecule has 2 rings (SSSR count). The van der Waals surface area contributed by atoms with E-state index in [2.05, 4.69) is 5.32 Å². The molecule has 2 amide bonds. The standard InChI is InChI=1S/C20H24N2O4/c1-14(16-8-6-5-7-9-16)22(2)20(24)21-13-15-10-11-18(25-3)17(12-15)19(23)26-4/h5-12,14H,13H2,1-4H3,(H,21,24). The second kappa shape index (κ2) is 8.89. The molecular weight excluding hydrogens is 332 g/mol. The number of rotatable bonds is 6. The Morgan fingerprint density at radius 2 is 1.81 bits per heavy atom. The maximum Gasteiger partial charge on any atom is 0.341 e. The van der Waals surface area contributed by atoms with E-state index < -0.39 is 5.97 Å². The monoisotopic (exact) mass is 356 g/mol. The molecule has 2 aromatic rings. The van der Waals surface area contributed by atoms with Crippen LogP contribution in [-0.2, 0) is 11.3 Å². The fraction of sp³-hybridized carbons (Fsp3) is 0.300. The molecule has 0 spiro atoms. The molecule has 0 bridgehead atoms. The van der Waals surface area contributed by atoms with E-state index in [1.807, 2.05) is 37.3 Å². The molecule has 0 fully saturated rings. The van der Waals surface area contributed by atoms with Gasteiger partial charge in [0.2, 0.25) is 0 Å². The number of carbonyl (C=O) groups is 2. The van der Waals surface area contributed by atoms with E-state index in [9.17, 15) is 9.59 Å². The topological polar surface area (TPSA) is 67.9 Å². The molecule has 0 aliphatic rings. The van der Waals surface area contributed by atoms with Crippen molar-refractivity contribution in [2.75, 3.05) is 21.3 Å². The van der Waals surface area contributed by atoms with Gasteiger partial charge in [-0.25, -0.2) is 9.59 Å².